The zero-order valence-corrected chi connectivity index (χ0v) is 15.6. The highest BCUT2D eigenvalue weighted by atomic mass is 16.4. The van der Waals surface area contributed by atoms with Gasteiger partial charge in [0.2, 0.25) is 0 Å². The number of nitrogens with zero attached hydrogens (tertiary/aromatic N) is 1. The highest BCUT2D eigenvalue weighted by Crippen LogP contribution is 2.22. The first-order valence-corrected chi connectivity index (χ1v) is 9.33. The summed E-state index contributed by atoms with van der Waals surface area (Å²) in [4.78, 5) is 11.7. The Labute approximate surface area is 142 Å². The molecule has 2 unspecified atom stereocenters. The number of carbonyl (C=O) groups is 1. The summed E-state index contributed by atoms with van der Waals surface area (Å²) in [5, 5.41) is 22.2. The number of rotatable bonds is 14. The molecule has 0 saturated heterocycles. The number of hydrogen-bond acceptors (Lipinski definition) is 3. The van der Waals surface area contributed by atoms with Gasteiger partial charge in [-0.25, -0.2) is 0 Å². The van der Waals surface area contributed by atoms with E-state index in [-0.39, 0.29) is 0 Å². The maximum atomic E-state index is 11.7. The number of carboxylic acid groups (broad SMARTS) is 1. The Kier molecular flexibility index (Phi) is 12.1. The summed E-state index contributed by atoms with van der Waals surface area (Å²) >= 11 is 0. The molecule has 0 bridgehead atoms. The van der Waals surface area contributed by atoms with Gasteiger partial charge in [-0.05, 0) is 39.0 Å². The van der Waals surface area contributed by atoms with Crippen LogP contribution in [0.5, 0.6) is 0 Å². The monoisotopic (exact) mass is 327 g/mol. The Balaban J connectivity index is 5.10. The number of aliphatic hydroxyl groups excluding tert-OH is 1. The van der Waals surface area contributed by atoms with Crippen molar-refractivity contribution < 1.29 is 19.5 Å². The normalized spacial score (nSPS) is 15.0. The first-order chi connectivity index (χ1) is 11.0. The summed E-state index contributed by atoms with van der Waals surface area (Å²) in [7, 11) is 0. The molecule has 0 aliphatic carbocycles. The van der Waals surface area contributed by atoms with Gasteiger partial charge in [0.05, 0.1) is 19.1 Å². The summed E-state index contributed by atoms with van der Waals surface area (Å²) in [5.74, 6) is -0.963. The Bertz CT molecular complexity index is 336. The molecule has 0 radical (unpaired) electrons. The van der Waals surface area contributed by atoms with Crippen LogP contribution >= 0.6 is 0 Å². The molecule has 4 heteroatoms. The Morgan fingerprint density at radius 2 is 1.74 bits per heavy atom. The van der Waals surface area contributed by atoms with Crippen molar-refractivity contribution in [2.45, 2.75) is 84.8 Å². The molecule has 0 aliphatic heterocycles. The topological polar surface area (TPSA) is 60.4 Å². The maximum absolute atomic E-state index is 11.7. The SMILES string of the molecule is C/C=C/CCCC(O)C[N+](CCC)(CCC)C(CCC)C(=O)[O-]. The Morgan fingerprint density at radius 1 is 1.13 bits per heavy atom. The van der Waals surface area contributed by atoms with Gasteiger partial charge in [0.15, 0.2) is 0 Å². The van der Waals surface area contributed by atoms with E-state index in [0.717, 1.165) is 51.6 Å². The molecule has 0 spiro atoms. The third-order valence-electron chi connectivity index (χ3n) is 4.55. The minimum absolute atomic E-state index is 0.447. The third kappa shape index (κ3) is 7.98. The van der Waals surface area contributed by atoms with Gasteiger partial charge >= 0.3 is 0 Å². The molecule has 0 heterocycles. The fourth-order valence-corrected chi connectivity index (χ4v) is 3.66. The fraction of sp³-hybridized carbons (Fsp3) is 0.842. The first kappa shape index (κ1) is 22.1. The molecule has 4 nitrogen and oxygen atoms in total. The lowest BCUT2D eigenvalue weighted by molar-refractivity contribution is -0.948. The average Bonchev–Trinajstić information content (AvgIpc) is 2.49. The van der Waals surface area contributed by atoms with Crippen molar-refractivity contribution >= 4 is 5.97 Å². The van der Waals surface area contributed by atoms with Gasteiger partial charge in [-0.1, -0.05) is 39.3 Å². The molecule has 1 N–H and O–H groups in total. The van der Waals surface area contributed by atoms with Gasteiger partial charge in [0, 0.05) is 6.42 Å². The van der Waals surface area contributed by atoms with Crippen LogP contribution in [0.15, 0.2) is 12.2 Å². The molecule has 0 fully saturated rings. The second-order valence-corrected chi connectivity index (χ2v) is 6.63. The van der Waals surface area contributed by atoms with Crippen LogP contribution in [0, 0.1) is 0 Å². The second-order valence-electron chi connectivity index (χ2n) is 6.63. The van der Waals surface area contributed by atoms with Crippen LogP contribution in [0.1, 0.15) is 72.6 Å². The standard InChI is InChI=1S/C19H37NO3/c1-5-9-10-11-13-17(21)16-20(14-7-3,15-8-4)18(12-6-2)19(22)23/h5,9,17-18,21H,6-8,10-16H2,1-4H3/b9-5+. The maximum Gasteiger partial charge on any atom is 0.129 e. The van der Waals surface area contributed by atoms with Crippen molar-refractivity contribution in [2.24, 2.45) is 0 Å². The van der Waals surface area contributed by atoms with Gasteiger partial charge in [0.1, 0.15) is 18.7 Å². The van der Waals surface area contributed by atoms with Gasteiger partial charge in [-0.3, -0.25) is 0 Å². The molecule has 0 aromatic heterocycles. The van der Waals surface area contributed by atoms with Crippen LogP contribution < -0.4 is 5.11 Å². The number of carbonyl (C=O) groups excluding carboxylic acids is 1. The smallest absolute Gasteiger partial charge is 0.129 e. The molecule has 0 saturated carbocycles. The van der Waals surface area contributed by atoms with Crippen LogP contribution in [0.2, 0.25) is 0 Å². The van der Waals surface area contributed by atoms with Gasteiger partial charge < -0.3 is 19.5 Å². The van der Waals surface area contributed by atoms with Crippen molar-refractivity contribution in [3.63, 3.8) is 0 Å². The Hall–Kier alpha value is -0.870. The number of aliphatic hydroxyl groups is 1. The predicted octanol–water partition coefficient (Wildman–Crippen LogP) is 2.65. The molecule has 0 aliphatic rings. The number of quaternary nitrogens is 1. The van der Waals surface area contributed by atoms with E-state index in [2.05, 4.69) is 19.9 Å². The highest BCUT2D eigenvalue weighted by Gasteiger charge is 2.37. The number of aliphatic carboxylic acids is 1. The van der Waals surface area contributed by atoms with E-state index in [0.29, 0.717) is 17.4 Å². The van der Waals surface area contributed by atoms with Crippen LogP contribution in [-0.2, 0) is 4.79 Å². The van der Waals surface area contributed by atoms with E-state index in [4.69, 9.17) is 0 Å². The number of carboxylic acids is 1. The van der Waals surface area contributed by atoms with Crippen LogP contribution in [0.4, 0.5) is 0 Å². The lowest BCUT2D eigenvalue weighted by Crippen LogP contribution is -2.64. The summed E-state index contributed by atoms with van der Waals surface area (Å²) in [6.45, 7) is 10.3. The zero-order chi connectivity index (χ0) is 17.7. The third-order valence-corrected chi connectivity index (χ3v) is 4.55. The van der Waals surface area contributed by atoms with E-state index >= 15 is 0 Å². The van der Waals surface area contributed by atoms with Gasteiger partial charge in [-0.2, -0.15) is 0 Å². The minimum Gasteiger partial charge on any atom is -0.544 e. The second kappa shape index (κ2) is 12.5. The molecule has 2 atom stereocenters. The highest BCUT2D eigenvalue weighted by molar-refractivity contribution is 5.69. The molecule has 0 aromatic rings. The van der Waals surface area contributed by atoms with E-state index < -0.39 is 18.1 Å². The van der Waals surface area contributed by atoms with Crippen molar-refractivity contribution in [1.29, 1.82) is 0 Å². The first-order valence-electron chi connectivity index (χ1n) is 9.33. The van der Waals surface area contributed by atoms with Crippen LogP contribution in [-0.4, -0.2) is 47.3 Å². The molecule has 23 heavy (non-hydrogen) atoms. The summed E-state index contributed by atoms with van der Waals surface area (Å²) < 4.78 is 0.466. The molecule has 0 rings (SSSR count). The number of hydrogen-bond donors (Lipinski definition) is 1. The molecular weight excluding hydrogens is 290 g/mol. The van der Waals surface area contributed by atoms with Gasteiger partial charge in [-0.15, -0.1) is 0 Å². The van der Waals surface area contributed by atoms with Crippen LogP contribution in [0.3, 0.4) is 0 Å². The van der Waals surface area contributed by atoms with E-state index in [1.807, 2.05) is 19.9 Å². The molecular formula is C19H37NO3. The summed E-state index contributed by atoms with van der Waals surface area (Å²) in [6.07, 6.45) is 9.58. The van der Waals surface area contributed by atoms with Crippen molar-refractivity contribution in [3.8, 4) is 0 Å². The summed E-state index contributed by atoms with van der Waals surface area (Å²) in [5.41, 5.74) is 0. The summed E-state index contributed by atoms with van der Waals surface area (Å²) in [6, 6.07) is -0.509. The molecule has 0 aromatic carbocycles. The quantitative estimate of drug-likeness (QED) is 0.303. The lowest BCUT2D eigenvalue weighted by atomic mass is 10.0. The van der Waals surface area contributed by atoms with E-state index in [1.165, 1.54) is 0 Å². The molecule has 136 valence electrons. The van der Waals surface area contributed by atoms with Crippen molar-refractivity contribution in [3.05, 3.63) is 12.2 Å². The van der Waals surface area contributed by atoms with E-state index in [1.54, 1.807) is 0 Å². The molecule has 0 amide bonds. The lowest BCUT2D eigenvalue weighted by Gasteiger charge is -2.46. The van der Waals surface area contributed by atoms with Crippen molar-refractivity contribution in [2.75, 3.05) is 19.6 Å². The number of allylic oxidation sites excluding steroid dienone is 2. The fourth-order valence-electron chi connectivity index (χ4n) is 3.66. The average molecular weight is 328 g/mol. The number of unbranched alkanes of at least 4 members (excludes halogenated alkanes) is 1. The predicted molar refractivity (Wildman–Crippen MR) is 93.8 cm³/mol. The van der Waals surface area contributed by atoms with Crippen LogP contribution in [0.25, 0.3) is 0 Å². The van der Waals surface area contributed by atoms with Gasteiger partial charge in [0.25, 0.3) is 0 Å². The van der Waals surface area contributed by atoms with E-state index in [9.17, 15) is 15.0 Å². The largest absolute Gasteiger partial charge is 0.544 e. The zero-order valence-electron chi connectivity index (χ0n) is 15.6. The van der Waals surface area contributed by atoms with Crippen molar-refractivity contribution in [1.82, 2.24) is 0 Å². The Morgan fingerprint density at radius 3 is 2.17 bits per heavy atom. The minimum atomic E-state index is -0.963.